The van der Waals surface area contributed by atoms with Crippen LogP contribution in [0, 0.1) is 0 Å². The highest BCUT2D eigenvalue weighted by Crippen LogP contribution is 2.34. The monoisotopic (exact) mass is 309 g/mol. The molecular formula is C16H18F3N3. The van der Waals surface area contributed by atoms with Crippen molar-refractivity contribution in [3.05, 3.63) is 36.0 Å². The Labute approximate surface area is 126 Å². The van der Waals surface area contributed by atoms with Gasteiger partial charge in [0.1, 0.15) is 5.69 Å². The van der Waals surface area contributed by atoms with Gasteiger partial charge in [-0.3, -0.25) is 0 Å². The summed E-state index contributed by atoms with van der Waals surface area (Å²) in [6.07, 6.45) is -0.788. The molecule has 0 aliphatic heterocycles. The van der Waals surface area contributed by atoms with Crippen LogP contribution < -0.4 is 11.1 Å². The molecule has 0 spiro atoms. The van der Waals surface area contributed by atoms with Crippen LogP contribution in [-0.4, -0.2) is 17.1 Å². The lowest BCUT2D eigenvalue weighted by Crippen LogP contribution is -2.35. The molecule has 3 rings (SSSR count). The summed E-state index contributed by atoms with van der Waals surface area (Å²) >= 11 is 0. The van der Waals surface area contributed by atoms with Gasteiger partial charge in [0.2, 0.25) is 0 Å². The molecule has 1 saturated carbocycles. The van der Waals surface area contributed by atoms with E-state index in [4.69, 9.17) is 5.73 Å². The molecular weight excluding hydrogens is 291 g/mol. The number of pyridine rings is 1. The molecule has 0 amide bonds. The number of halogens is 3. The third kappa shape index (κ3) is 3.16. The minimum Gasteiger partial charge on any atom is -0.382 e. The molecule has 0 saturated heterocycles. The zero-order valence-corrected chi connectivity index (χ0v) is 12.0. The van der Waals surface area contributed by atoms with Gasteiger partial charge in [-0.2, -0.15) is 13.2 Å². The van der Waals surface area contributed by atoms with Gasteiger partial charge < -0.3 is 11.1 Å². The van der Waals surface area contributed by atoms with Crippen molar-refractivity contribution >= 4 is 16.6 Å². The molecule has 2 aromatic rings. The molecule has 0 radical (unpaired) electrons. The van der Waals surface area contributed by atoms with Crippen LogP contribution in [0.3, 0.4) is 0 Å². The Morgan fingerprint density at radius 2 is 1.95 bits per heavy atom. The minimum absolute atomic E-state index is 0.107. The summed E-state index contributed by atoms with van der Waals surface area (Å²) < 4.78 is 39.1. The lowest BCUT2D eigenvalue weighted by atomic mass is 9.91. The fourth-order valence-electron chi connectivity index (χ4n) is 3.02. The van der Waals surface area contributed by atoms with Crippen molar-refractivity contribution in [2.45, 2.75) is 43.9 Å². The standard InChI is InChI=1S/C16H18F3N3/c17-16(18,19)15-9-14(12-6-1-2-7-13(12)22-15)21-11-5-3-4-10(20)8-11/h1-2,6-7,9-11H,3-5,8,20H2,(H,21,22). The molecule has 0 bridgehead atoms. The Bertz CT molecular complexity index is 669. The third-order valence-corrected chi connectivity index (χ3v) is 4.08. The van der Waals surface area contributed by atoms with Crippen LogP contribution >= 0.6 is 0 Å². The van der Waals surface area contributed by atoms with E-state index < -0.39 is 11.9 Å². The van der Waals surface area contributed by atoms with Crippen LogP contribution in [0.2, 0.25) is 0 Å². The lowest BCUT2D eigenvalue weighted by Gasteiger charge is -2.28. The second kappa shape index (κ2) is 5.76. The lowest BCUT2D eigenvalue weighted by molar-refractivity contribution is -0.140. The molecule has 3 nitrogen and oxygen atoms in total. The van der Waals surface area contributed by atoms with Crippen LogP contribution in [0.25, 0.3) is 10.9 Å². The summed E-state index contributed by atoms with van der Waals surface area (Å²) in [5.41, 5.74) is 5.92. The fourth-order valence-corrected chi connectivity index (χ4v) is 3.02. The van der Waals surface area contributed by atoms with Crippen molar-refractivity contribution in [2.24, 2.45) is 5.73 Å². The maximum atomic E-state index is 13.0. The van der Waals surface area contributed by atoms with Crippen molar-refractivity contribution in [3.8, 4) is 0 Å². The van der Waals surface area contributed by atoms with Crippen LogP contribution in [0.4, 0.5) is 18.9 Å². The molecule has 22 heavy (non-hydrogen) atoms. The van der Waals surface area contributed by atoms with Gasteiger partial charge in [0.05, 0.1) is 5.52 Å². The van der Waals surface area contributed by atoms with E-state index in [0.717, 1.165) is 31.7 Å². The molecule has 1 aliphatic carbocycles. The quantitative estimate of drug-likeness (QED) is 0.883. The summed E-state index contributed by atoms with van der Waals surface area (Å²) in [5.74, 6) is 0. The van der Waals surface area contributed by atoms with Gasteiger partial charge in [-0.15, -0.1) is 0 Å². The number of rotatable bonds is 2. The molecule has 6 heteroatoms. The van der Waals surface area contributed by atoms with Gasteiger partial charge in [0.15, 0.2) is 0 Å². The Balaban J connectivity index is 1.99. The smallest absolute Gasteiger partial charge is 0.382 e. The number of fused-ring (bicyclic) bond motifs is 1. The molecule has 2 unspecified atom stereocenters. The first-order chi connectivity index (χ1) is 10.4. The molecule has 1 aliphatic rings. The zero-order valence-electron chi connectivity index (χ0n) is 12.0. The van der Waals surface area contributed by atoms with Crippen molar-refractivity contribution in [2.75, 3.05) is 5.32 Å². The molecule has 1 aromatic carbocycles. The van der Waals surface area contributed by atoms with Gasteiger partial charge in [-0.05, 0) is 37.8 Å². The number of hydrogen-bond acceptors (Lipinski definition) is 3. The normalized spacial score (nSPS) is 22.7. The highest BCUT2D eigenvalue weighted by Gasteiger charge is 2.33. The van der Waals surface area contributed by atoms with Gasteiger partial charge in [-0.1, -0.05) is 18.2 Å². The first kappa shape index (κ1) is 15.1. The number of nitrogens with two attached hydrogens (primary N) is 1. The number of aromatic nitrogens is 1. The maximum absolute atomic E-state index is 13.0. The van der Waals surface area contributed by atoms with E-state index >= 15 is 0 Å². The summed E-state index contributed by atoms with van der Waals surface area (Å²) in [7, 11) is 0. The highest BCUT2D eigenvalue weighted by molar-refractivity contribution is 5.91. The molecule has 2 atom stereocenters. The van der Waals surface area contributed by atoms with Gasteiger partial charge in [0.25, 0.3) is 0 Å². The van der Waals surface area contributed by atoms with Crippen molar-refractivity contribution in [3.63, 3.8) is 0 Å². The molecule has 1 aromatic heterocycles. The van der Waals surface area contributed by atoms with Gasteiger partial charge in [0, 0.05) is 23.2 Å². The number of alkyl halides is 3. The first-order valence-corrected chi connectivity index (χ1v) is 7.42. The van der Waals surface area contributed by atoms with Gasteiger partial charge in [-0.25, -0.2) is 4.98 Å². The van der Waals surface area contributed by atoms with Crippen molar-refractivity contribution in [1.82, 2.24) is 4.98 Å². The summed E-state index contributed by atoms with van der Waals surface area (Å²) in [5, 5.41) is 3.95. The van der Waals surface area contributed by atoms with Crippen molar-refractivity contribution < 1.29 is 13.2 Å². The molecule has 3 N–H and O–H groups in total. The third-order valence-electron chi connectivity index (χ3n) is 4.08. The summed E-state index contributed by atoms with van der Waals surface area (Å²) in [4.78, 5) is 3.73. The maximum Gasteiger partial charge on any atom is 0.433 e. The fraction of sp³-hybridized carbons (Fsp3) is 0.438. The second-order valence-electron chi connectivity index (χ2n) is 5.84. The van der Waals surface area contributed by atoms with Crippen LogP contribution in [0.15, 0.2) is 30.3 Å². The largest absolute Gasteiger partial charge is 0.433 e. The minimum atomic E-state index is -4.45. The zero-order chi connectivity index (χ0) is 15.7. The topological polar surface area (TPSA) is 50.9 Å². The van der Waals surface area contributed by atoms with E-state index in [1.807, 2.05) is 0 Å². The number of para-hydroxylation sites is 1. The van der Waals surface area contributed by atoms with Crippen LogP contribution in [-0.2, 0) is 6.18 Å². The SMILES string of the molecule is NC1CCCC(Nc2cc(C(F)(F)F)nc3ccccc23)C1. The van der Waals surface area contributed by atoms with Crippen LogP contribution in [0.5, 0.6) is 0 Å². The number of anilines is 1. The summed E-state index contributed by atoms with van der Waals surface area (Å²) in [6, 6.07) is 8.19. The number of benzene rings is 1. The highest BCUT2D eigenvalue weighted by atomic mass is 19.4. The average Bonchev–Trinajstić information content (AvgIpc) is 2.46. The molecule has 1 heterocycles. The van der Waals surface area contributed by atoms with E-state index in [1.165, 1.54) is 0 Å². The second-order valence-corrected chi connectivity index (χ2v) is 5.84. The number of nitrogens with zero attached hydrogens (tertiary/aromatic N) is 1. The Morgan fingerprint density at radius 1 is 1.18 bits per heavy atom. The van der Waals surface area contributed by atoms with E-state index in [1.54, 1.807) is 24.3 Å². The first-order valence-electron chi connectivity index (χ1n) is 7.42. The van der Waals surface area contributed by atoms with E-state index in [2.05, 4.69) is 10.3 Å². The Hall–Kier alpha value is -1.82. The predicted molar refractivity (Wildman–Crippen MR) is 80.6 cm³/mol. The Kier molecular flexibility index (Phi) is 3.95. The predicted octanol–water partition coefficient (Wildman–Crippen LogP) is 3.94. The average molecular weight is 309 g/mol. The van der Waals surface area contributed by atoms with E-state index in [0.29, 0.717) is 16.6 Å². The van der Waals surface area contributed by atoms with E-state index in [9.17, 15) is 13.2 Å². The molecule has 1 fully saturated rings. The number of hydrogen-bond donors (Lipinski definition) is 2. The Morgan fingerprint density at radius 3 is 2.68 bits per heavy atom. The van der Waals surface area contributed by atoms with Crippen LogP contribution in [0.1, 0.15) is 31.4 Å². The van der Waals surface area contributed by atoms with Gasteiger partial charge >= 0.3 is 6.18 Å². The summed E-state index contributed by atoms with van der Waals surface area (Å²) in [6.45, 7) is 0. The number of nitrogens with one attached hydrogen (secondary N) is 1. The van der Waals surface area contributed by atoms with Crippen molar-refractivity contribution in [1.29, 1.82) is 0 Å². The molecule has 118 valence electrons. The van der Waals surface area contributed by atoms with E-state index in [-0.39, 0.29) is 12.1 Å².